The maximum absolute atomic E-state index is 12.9. The Morgan fingerprint density at radius 3 is 2.67 bits per heavy atom. The second-order valence-corrected chi connectivity index (χ2v) is 8.63. The Balaban J connectivity index is 1.34. The molecule has 27 heavy (non-hydrogen) atoms. The first-order valence-corrected chi connectivity index (χ1v) is 10.6. The number of amides is 2. The molecule has 7 heteroatoms. The summed E-state index contributed by atoms with van der Waals surface area (Å²) in [5.41, 5.74) is 0.699. The minimum Gasteiger partial charge on any atom is -0.331 e. The molecule has 0 radical (unpaired) electrons. The average molecular weight is 405 g/mol. The fourth-order valence-electron chi connectivity index (χ4n) is 3.91. The van der Waals surface area contributed by atoms with Crippen molar-refractivity contribution < 1.29 is 14.5 Å². The zero-order valence-electron chi connectivity index (χ0n) is 15.1. The summed E-state index contributed by atoms with van der Waals surface area (Å²) in [6.07, 6.45) is 0.270. The number of hydrogen-bond acceptors (Lipinski definition) is 3. The molecule has 2 amide bonds. The molecule has 0 aliphatic carbocycles. The summed E-state index contributed by atoms with van der Waals surface area (Å²) >= 11 is 8.02. The van der Waals surface area contributed by atoms with Gasteiger partial charge in [0.1, 0.15) is 6.54 Å². The summed E-state index contributed by atoms with van der Waals surface area (Å²) < 4.78 is 0. The molecule has 2 aliphatic rings. The van der Waals surface area contributed by atoms with Crippen LogP contribution in [0.5, 0.6) is 0 Å². The molecule has 2 saturated heterocycles. The number of quaternary nitrogens is 1. The normalized spacial score (nSPS) is 21.1. The van der Waals surface area contributed by atoms with E-state index in [1.165, 1.54) is 9.78 Å². The zero-order valence-corrected chi connectivity index (χ0v) is 16.6. The Kier molecular flexibility index (Phi) is 5.48. The SMILES string of the molecule is O=C([C@@H]1CC(=O)N(c2ccccc2Cl)C1)N1CC[NH+](Cc2cccs2)CC1. The van der Waals surface area contributed by atoms with Gasteiger partial charge in [-0.05, 0) is 23.6 Å². The molecule has 2 aromatic rings. The topological polar surface area (TPSA) is 45.1 Å². The monoisotopic (exact) mass is 404 g/mol. The number of nitrogens with one attached hydrogen (secondary N) is 1. The van der Waals surface area contributed by atoms with Crippen LogP contribution in [-0.4, -0.2) is 49.4 Å². The Labute approximate surface area is 168 Å². The van der Waals surface area contributed by atoms with Gasteiger partial charge in [0.2, 0.25) is 11.8 Å². The molecule has 1 aromatic heterocycles. The molecule has 2 fully saturated rings. The van der Waals surface area contributed by atoms with Crippen molar-refractivity contribution >= 4 is 40.4 Å². The highest BCUT2D eigenvalue weighted by Crippen LogP contribution is 2.31. The number of rotatable bonds is 4. The fourth-order valence-corrected chi connectivity index (χ4v) is 4.93. The predicted octanol–water partition coefficient (Wildman–Crippen LogP) is 1.68. The number of halogens is 1. The van der Waals surface area contributed by atoms with Gasteiger partial charge >= 0.3 is 0 Å². The smallest absolute Gasteiger partial charge is 0.228 e. The summed E-state index contributed by atoms with van der Waals surface area (Å²) in [5, 5.41) is 2.65. The number of para-hydroxylation sites is 1. The standard InChI is InChI=1S/C20H22ClN3O2S/c21-17-5-1-2-6-18(17)24-13-15(12-19(24)25)20(26)23-9-7-22(8-10-23)14-16-4-3-11-27-16/h1-6,11,15H,7-10,12-14H2/p+1/t15-/m1/s1. The number of carbonyl (C=O) groups is 2. The summed E-state index contributed by atoms with van der Waals surface area (Å²) in [7, 11) is 0. The quantitative estimate of drug-likeness (QED) is 0.842. The van der Waals surface area contributed by atoms with Gasteiger partial charge in [-0.2, -0.15) is 0 Å². The van der Waals surface area contributed by atoms with Gasteiger partial charge in [-0.3, -0.25) is 9.59 Å². The van der Waals surface area contributed by atoms with E-state index in [2.05, 4.69) is 17.5 Å². The van der Waals surface area contributed by atoms with Crippen LogP contribution in [0.25, 0.3) is 0 Å². The molecule has 2 aliphatic heterocycles. The summed E-state index contributed by atoms with van der Waals surface area (Å²) in [5.74, 6) is -0.191. The Hall–Kier alpha value is -1.89. The maximum Gasteiger partial charge on any atom is 0.228 e. The second kappa shape index (κ2) is 8.00. The Morgan fingerprint density at radius 2 is 1.96 bits per heavy atom. The molecule has 1 aromatic carbocycles. The zero-order chi connectivity index (χ0) is 18.8. The Morgan fingerprint density at radius 1 is 1.19 bits per heavy atom. The van der Waals surface area contributed by atoms with E-state index in [0.717, 1.165) is 32.7 Å². The van der Waals surface area contributed by atoms with Gasteiger partial charge in [0.05, 0.1) is 47.7 Å². The van der Waals surface area contributed by atoms with Crippen LogP contribution >= 0.6 is 22.9 Å². The van der Waals surface area contributed by atoms with Crippen molar-refractivity contribution in [2.75, 3.05) is 37.6 Å². The third-order valence-corrected chi connectivity index (χ3v) is 6.60. The van der Waals surface area contributed by atoms with E-state index in [-0.39, 0.29) is 24.2 Å². The van der Waals surface area contributed by atoms with Gasteiger partial charge < -0.3 is 14.7 Å². The number of thiophene rings is 1. The minimum absolute atomic E-state index is 0.0246. The molecule has 0 bridgehead atoms. The minimum atomic E-state index is -0.271. The Bertz CT molecular complexity index is 818. The third kappa shape index (κ3) is 4.03. The summed E-state index contributed by atoms with van der Waals surface area (Å²) in [6, 6.07) is 11.6. The van der Waals surface area contributed by atoms with E-state index in [1.54, 1.807) is 22.3 Å². The number of hydrogen-bond donors (Lipinski definition) is 1. The van der Waals surface area contributed by atoms with E-state index in [4.69, 9.17) is 11.6 Å². The van der Waals surface area contributed by atoms with Crippen LogP contribution < -0.4 is 9.80 Å². The first kappa shape index (κ1) is 18.5. The van der Waals surface area contributed by atoms with Crippen molar-refractivity contribution in [3.63, 3.8) is 0 Å². The lowest BCUT2D eigenvalue weighted by molar-refractivity contribution is -0.917. The number of anilines is 1. The third-order valence-electron chi connectivity index (χ3n) is 5.40. The van der Waals surface area contributed by atoms with Crippen LogP contribution in [0.2, 0.25) is 5.02 Å². The van der Waals surface area contributed by atoms with Gasteiger partial charge in [0.25, 0.3) is 0 Å². The first-order valence-electron chi connectivity index (χ1n) is 9.31. The van der Waals surface area contributed by atoms with Crippen molar-refractivity contribution in [3.8, 4) is 0 Å². The summed E-state index contributed by atoms with van der Waals surface area (Å²) in [4.78, 5) is 31.9. The van der Waals surface area contributed by atoms with Gasteiger partial charge in [0, 0.05) is 13.0 Å². The number of piperazine rings is 1. The molecule has 0 unspecified atom stereocenters. The molecule has 3 heterocycles. The van der Waals surface area contributed by atoms with E-state index >= 15 is 0 Å². The van der Waals surface area contributed by atoms with Crippen molar-refractivity contribution in [3.05, 3.63) is 51.7 Å². The highest BCUT2D eigenvalue weighted by atomic mass is 35.5. The number of carbonyl (C=O) groups excluding carboxylic acids is 2. The van der Waals surface area contributed by atoms with Gasteiger partial charge in [-0.25, -0.2) is 0 Å². The predicted molar refractivity (Wildman–Crippen MR) is 107 cm³/mol. The van der Waals surface area contributed by atoms with Crippen molar-refractivity contribution in [2.24, 2.45) is 5.92 Å². The van der Waals surface area contributed by atoms with Crippen LogP contribution in [0.4, 0.5) is 5.69 Å². The number of benzene rings is 1. The van der Waals surface area contributed by atoms with E-state index in [1.807, 2.05) is 23.1 Å². The largest absolute Gasteiger partial charge is 0.331 e. The van der Waals surface area contributed by atoms with Crippen LogP contribution in [0.15, 0.2) is 41.8 Å². The van der Waals surface area contributed by atoms with Gasteiger partial charge in [0.15, 0.2) is 0 Å². The van der Waals surface area contributed by atoms with E-state index in [0.29, 0.717) is 17.3 Å². The van der Waals surface area contributed by atoms with Crippen LogP contribution in [-0.2, 0) is 16.1 Å². The van der Waals surface area contributed by atoms with Crippen LogP contribution in [0.1, 0.15) is 11.3 Å². The van der Waals surface area contributed by atoms with E-state index < -0.39 is 0 Å². The van der Waals surface area contributed by atoms with Crippen molar-refractivity contribution in [1.82, 2.24) is 4.90 Å². The van der Waals surface area contributed by atoms with Crippen molar-refractivity contribution in [2.45, 2.75) is 13.0 Å². The lowest BCUT2D eigenvalue weighted by Gasteiger charge is -2.33. The average Bonchev–Trinajstić information content (AvgIpc) is 3.32. The maximum atomic E-state index is 12.9. The lowest BCUT2D eigenvalue weighted by Crippen LogP contribution is -3.13. The number of nitrogens with zero attached hydrogens (tertiary/aromatic N) is 2. The van der Waals surface area contributed by atoms with Gasteiger partial charge in [-0.1, -0.05) is 29.8 Å². The van der Waals surface area contributed by atoms with Gasteiger partial charge in [-0.15, -0.1) is 11.3 Å². The highest BCUT2D eigenvalue weighted by molar-refractivity contribution is 7.09. The van der Waals surface area contributed by atoms with E-state index in [9.17, 15) is 9.59 Å². The van der Waals surface area contributed by atoms with Crippen LogP contribution in [0, 0.1) is 5.92 Å². The lowest BCUT2D eigenvalue weighted by atomic mass is 10.1. The molecule has 1 N–H and O–H groups in total. The molecule has 4 rings (SSSR count). The highest BCUT2D eigenvalue weighted by Gasteiger charge is 2.38. The first-order chi connectivity index (χ1) is 13.1. The molecule has 1 atom stereocenters. The van der Waals surface area contributed by atoms with Crippen molar-refractivity contribution in [1.29, 1.82) is 0 Å². The second-order valence-electron chi connectivity index (χ2n) is 7.19. The molecule has 0 saturated carbocycles. The summed E-state index contributed by atoms with van der Waals surface area (Å²) in [6.45, 7) is 4.88. The molecular weight excluding hydrogens is 382 g/mol. The fraction of sp³-hybridized carbons (Fsp3) is 0.400. The van der Waals surface area contributed by atoms with Crippen LogP contribution in [0.3, 0.4) is 0 Å². The molecule has 142 valence electrons. The molecular formula is C20H23ClN3O2S+. The molecule has 5 nitrogen and oxygen atoms in total. The molecule has 0 spiro atoms.